The number of hydrogen-bond acceptors (Lipinski definition) is 2. The molecule has 1 aliphatic rings. The molecule has 1 saturated carbocycles. The van der Waals surface area contributed by atoms with Crippen molar-refractivity contribution in [3.05, 3.63) is 42.2 Å². The smallest absolute Gasteiger partial charge is 0.117 e. The average molecular weight is 200 g/mol. The van der Waals surface area contributed by atoms with Gasteiger partial charge < -0.3 is 5.11 Å². The minimum Gasteiger partial charge on any atom is -0.508 e. The van der Waals surface area contributed by atoms with E-state index in [1.54, 1.807) is 12.1 Å². The molecule has 0 bridgehead atoms. The van der Waals surface area contributed by atoms with Crippen molar-refractivity contribution in [3.8, 4) is 11.4 Å². The lowest BCUT2D eigenvalue weighted by atomic mass is 10.3. The zero-order valence-electron chi connectivity index (χ0n) is 8.30. The van der Waals surface area contributed by atoms with Gasteiger partial charge in [0.2, 0.25) is 0 Å². The Morgan fingerprint density at radius 3 is 2.87 bits per heavy atom. The first-order valence-electron chi connectivity index (χ1n) is 5.18. The molecule has 1 aromatic carbocycles. The molecule has 1 aromatic heterocycles. The normalized spacial score (nSPS) is 15.5. The van der Waals surface area contributed by atoms with Crippen molar-refractivity contribution in [3.63, 3.8) is 0 Å². The van der Waals surface area contributed by atoms with Gasteiger partial charge >= 0.3 is 0 Å². The van der Waals surface area contributed by atoms with Crippen LogP contribution in [0.4, 0.5) is 0 Å². The molecular formula is C12H12N2O. The molecule has 0 spiro atoms. The fourth-order valence-electron chi connectivity index (χ4n) is 1.71. The molecule has 0 saturated heterocycles. The lowest BCUT2D eigenvalue weighted by molar-refractivity contribution is 0.475. The first kappa shape index (κ1) is 8.53. The van der Waals surface area contributed by atoms with Gasteiger partial charge in [0.15, 0.2) is 0 Å². The van der Waals surface area contributed by atoms with Gasteiger partial charge in [-0.05, 0) is 31.0 Å². The summed E-state index contributed by atoms with van der Waals surface area (Å²) in [5.41, 5.74) is 2.07. The molecule has 1 fully saturated rings. The van der Waals surface area contributed by atoms with E-state index in [4.69, 9.17) is 0 Å². The van der Waals surface area contributed by atoms with Crippen molar-refractivity contribution >= 4 is 0 Å². The molecule has 0 aliphatic heterocycles. The number of hydrogen-bond donors (Lipinski definition) is 1. The van der Waals surface area contributed by atoms with Crippen LogP contribution in [0.5, 0.6) is 5.75 Å². The molecule has 3 nitrogen and oxygen atoms in total. The number of phenolic OH excluding ortho intramolecular Hbond substituents is 1. The van der Waals surface area contributed by atoms with E-state index >= 15 is 0 Å². The Kier molecular flexibility index (Phi) is 1.78. The van der Waals surface area contributed by atoms with Crippen LogP contribution in [0.2, 0.25) is 0 Å². The number of phenols is 1. The van der Waals surface area contributed by atoms with Gasteiger partial charge in [-0.3, -0.25) is 0 Å². The topological polar surface area (TPSA) is 38.0 Å². The van der Waals surface area contributed by atoms with Crippen LogP contribution in [-0.4, -0.2) is 14.9 Å². The zero-order valence-corrected chi connectivity index (χ0v) is 8.30. The molecule has 15 heavy (non-hydrogen) atoms. The SMILES string of the molecule is Oc1cccc(-n2ccc(C3CC3)n2)c1. The predicted molar refractivity (Wildman–Crippen MR) is 57.2 cm³/mol. The summed E-state index contributed by atoms with van der Waals surface area (Å²) in [4.78, 5) is 0. The third kappa shape index (κ3) is 1.61. The highest BCUT2D eigenvalue weighted by molar-refractivity contribution is 5.38. The van der Waals surface area contributed by atoms with Crippen LogP contribution in [0.15, 0.2) is 36.5 Å². The van der Waals surface area contributed by atoms with E-state index in [9.17, 15) is 5.11 Å². The van der Waals surface area contributed by atoms with Gasteiger partial charge in [-0.2, -0.15) is 5.10 Å². The second kappa shape index (κ2) is 3.12. The van der Waals surface area contributed by atoms with E-state index in [0.29, 0.717) is 5.92 Å². The highest BCUT2D eigenvalue weighted by Crippen LogP contribution is 2.39. The minimum atomic E-state index is 0.274. The van der Waals surface area contributed by atoms with E-state index in [1.807, 2.05) is 23.0 Å². The monoisotopic (exact) mass is 200 g/mol. The quantitative estimate of drug-likeness (QED) is 0.808. The van der Waals surface area contributed by atoms with Crippen LogP contribution >= 0.6 is 0 Å². The van der Waals surface area contributed by atoms with Crippen molar-refractivity contribution in [2.45, 2.75) is 18.8 Å². The number of nitrogens with zero attached hydrogens (tertiary/aromatic N) is 2. The molecule has 3 heteroatoms. The van der Waals surface area contributed by atoms with Gasteiger partial charge in [-0.25, -0.2) is 4.68 Å². The summed E-state index contributed by atoms with van der Waals surface area (Å²) in [6.45, 7) is 0. The Morgan fingerprint density at radius 2 is 2.13 bits per heavy atom. The first-order chi connectivity index (χ1) is 7.33. The van der Waals surface area contributed by atoms with E-state index in [-0.39, 0.29) is 5.75 Å². The Labute approximate surface area is 88.0 Å². The highest BCUT2D eigenvalue weighted by atomic mass is 16.3. The lowest BCUT2D eigenvalue weighted by Crippen LogP contribution is -1.95. The van der Waals surface area contributed by atoms with Gasteiger partial charge in [0.1, 0.15) is 5.75 Å². The van der Waals surface area contributed by atoms with Gasteiger partial charge in [0.25, 0.3) is 0 Å². The maximum absolute atomic E-state index is 9.36. The van der Waals surface area contributed by atoms with Crippen molar-refractivity contribution in [1.82, 2.24) is 9.78 Å². The van der Waals surface area contributed by atoms with Gasteiger partial charge in [-0.15, -0.1) is 0 Å². The molecule has 0 atom stereocenters. The summed E-state index contributed by atoms with van der Waals surface area (Å²) < 4.78 is 1.81. The standard InChI is InChI=1S/C12H12N2O/c15-11-3-1-2-10(8-11)14-7-6-12(13-14)9-4-5-9/h1-3,6-9,15H,4-5H2. The van der Waals surface area contributed by atoms with Crippen LogP contribution in [0, 0.1) is 0 Å². The van der Waals surface area contributed by atoms with Crippen LogP contribution in [0.25, 0.3) is 5.69 Å². The molecule has 76 valence electrons. The molecule has 1 heterocycles. The number of aromatic nitrogens is 2. The molecule has 1 N–H and O–H groups in total. The van der Waals surface area contributed by atoms with Gasteiger partial charge in [0.05, 0.1) is 11.4 Å². The molecule has 3 rings (SSSR count). The fourth-order valence-corrected chi connectivity index (χ4v) is 1.71. The Bertz CT molecular complexity index is 486. The summed E-state index contributed by atoms with van der Waals surface area (Å²) in [5.74, 6) is 0.944. The summed E-state index contributed by atoms with van der Waals surface area (Å²) in [5, 5.41) is 13.9. The van der Waals surface area contributed by atoms with Crippen molar-refractivity contribution in [2.24, 2.45) is 0 Å². The second-order valence-corrected chi connectivity index (χ2v) is 3.98. The Hall–Kier alpha value is -1.77. The van der Waals surface area contributed by atoms with Crippen molar-refractivity contribution < 1.29 is 5.11 Å². The lowest BCUT2D eigenvalue weighted by Gasteiger charge is -2.01. The third-order valence-electron chi connectivity index (χ3n) is 2.70. The van der Waals surface area contributed by atoms with E-state index in [0.717, 1.165) is 5.69 Å². The van der Waals surface area contributed by atoms with E-state index in [2.05, 4.69) is 11.2 Å². The minimum absolute atomic E-state index is 0.274. The Balaban J connectivity index is 1.97. The first-order valence-corrected chi connectivity index (χ1v) is 5.18. The highest BCUT2D eigenvalue weighted by Gasteiger charge is 2.25. The predicted octanol–water partition coefficient (Wildman–Crippen LogP) is 2.46. The third-order valence-corrected chi connectivity index (χ3v) is 2.70. The fraction of sp³-hybridized carbons (Fsp3) is 0.250. The summed E-state index contributed by atoms with van der Waals surface area (Å²) in [6, 6.07) is 9.19. The van der Waals surface area contributed by atoms with Crippen molar-refractivity contribution in [2.75, 3.05) is 0 Å². The van der Waals surface area contributed by atoms with Crippen molar-refractivity contribution in [1.29, 1.82) is 0 Å². The van der Waals surface area contributed by atoms with Gasteiger partial charge in [0, 0.05) is 18.2 Å². The summed E-state index contributed by atoms with van der Waals surface area (Å²) in [7, 11) is 0. The summed E-state index contributed by atoms with van der Waals surface area (Å²) in [6.07, 6.45) is 4.47. The maximum atomic E-state index is 9.36. The summed E-state index contributed by atoms with van der Waals surface area (Å²) >= 11 is 0. The number of aromatic hydroxyl groups is 1. The molecule has 0 unspecified atom stereocenters. The number of benzene rings is 1. The average Bonchev–Trinajstić information content (AvgIpc) is 2.97. The molecule has 0 amide bonds. The Morgan fingerprint density at radius 1 is 1.27 bits per heavy atom. The van der Waals surface area contributed by atoms with Crippen LogP contribution in [0.3, 0.4) is 0 Å². The number of rotatable bonds is 2. The molecule has 0 radical (unpaired) electrons. The van der Waals surface area contributed by atoms with Crippen LogP contribution in [0.1, 0.15) is 24.5 Å². The second-order valence-electron chi connectivity index (χ2n) is 3.98. The maximum Gasteiger partial charge on any atom is 0.117 e. The zero-order chi connectivity index (χ0) is 10.3. The van der Waals surface area contributed by atoms with Gasteiger partial charge in [-0.1, -0.05) is 6.07 Å². The molecule has 2 aromatic rings. The van der Waals surface area contributed by atoms with E-state index < -0.39 is 0 Å². The molecular weight excluding hydrogens is 188 g/mol. The molecule has 1 aliphatic carbocycles. The van der Waals surface area contributed by atoms with Crippen LogP contribution in [-0.2, 0) is 0 Å². The largest absolute Gasteiger partial charge is 0.508 e. The van der Waals surface area contributed by atoms with Crippen LogP contribution < -0.4 is 0 Å². The van der Waals surface area contributed by atoms with E-state index in [1.165, 1.54) is 18.5 Å².